The molecule has 2 amide bonds. The minimum atomic E-state index is -0.811. The topological polar surface area (TPSA) is 116 Å². The molecule has 274 valence electrons. The highest BCUT2D eigenvalue weighted by Gasteiger charge is 2.68. The van der Waals surface area contributed by atoms with Gasteiger partial charge >= 0.3 is 7.12 Å². The standard InChI is InChI=1S/C39H58BN3O7/c1-22(2)15-34(40-49-33-21-27-20-32(38(27,6)7)39(33,8)50-40)43-36(44)24(5)41-37(45)29(42-28-14-12-13-26(19-28)23(3)4)16-25-17-30(46-9)35(48-11)31(18-25)47-10/h12-14,17-19,22-24,27,29,32-34,42H,15-16,20-21H2,1-11H3,(H,41,45)(H,43,44)/t24-,27-,29-,32-,33+,34-,39-/m0/s1. The SMILES string of the molecule is COc1cc(C[C@H](Nc2cccc(C(C)C)c2)C(=O)N[C@@H](C)C(=O)N[C@@H](CC(C)C)B2O[C@@H]3C[C@@H]4C[C@@H](C4(C)C)[C@]3(C)O2)cc(OC)c1OC. The van der Waals surface area contributed by atoms with Crippen LogP contribution in [-0.4, -0.2) is 70.0 Å². The number of amides is 2. The number of carbonyl (C=O) groups excluding carboxylic acids is 2. The Morgan fingerprint density at radius 2 is 1.60 bits per heavy atom. The normalized spacial score (nSPS) is 25.2. The van der Waals surface area contributed by atoms with Gasteiger partial charge in [-0.15, -0.1) is 0 Å². The van der Waals surface area contributed by atoms with Crippen molar-refractivity contribution in [3.63, 3.8) is 0 Å². The van der Waals surface area contributed by atoms with E-state index in [1.807, 2.05) is 24.3 Å². The van der Waals surface area contributed by atoms with Crippen molar-refractivity contribution in [1.29, 1.82) is 0 Å². The zero-order valence-corrected chi connectivity index (χ0v) is 31.8. The van der Waals surface area contributed by atoms with Crippen LogP contribution in [0.4, 0.5) is 5.69 Å². The summed E-state index contributed by atoms with van der Waals surface area (Å²) < 4.78 is 30.0. The third-order valence-corrected chi connectivity index (χ3v) is 11.5. The predicted molar refractivity (Wildman–Crippen MR) is 197 cm³/mol. The van der Waals surface area contributed by atoms with Crippen LogP contribution in [-0.2, 0) is 25.3 Å². The van der Waals surface area contributed by atoms with Gasteiger partial charge in [0, 0.05) is 12.1 Å². The number of anilines is 1. The van der Waals surface area contributed by atoms with E-state index >= 15 is 0 Å². The lowest BCUT2D eigenvalue weighted by molar-refractivity contribution is -0.199. The van der Waals surface area contributed by atoms with Crippen molar-refractivity contribution in [3.05, 3.63) is 47.5 Å². The highest BCUT2D eigenvalue weighted by Crippen LogP contribution is 2.65. The number of nitrogens with one attached hydrogen (secondary N) is 3. The lowest BCUT2D eigenvalue weighted by Gasteiger charge is -2.64. The van der Waals surface area contributed by atoms with E-state index in [1.54, 1.807) is 28.3 Å². The number of rotatable bonds is 15. The molecule has 3 saturated carbocycles. The molecule has 3 N–H and O–H groups in total. The Balaban J connectivity index is 1.32. The Morgan fingerprint density at radius 1 is 0.920 bits per heavy atom. The summed E-state index contributed by atoms with van der Waals surface area (Å²) in [5, 5.41) is 9.62. The summed E-state index contributed by atoms with van der Waals surface area (Å²) >= 11 is 0. The number of carbonyl (C=O) groups is 2. The Hall–Kier alpha value is -3.44. The smallest absolute Gasteiger partial charge is 0.481 e. The fourth-order valence-corrected chi connectivity index (χ4v) is 8.39. The molecule has 1 heterocycles. The molecule has 0 spiro atoms. The number of benzene rings is 2. The lowest BCUT2D eigenvalue weighted by atomic mass is 9.43. The first kappa shape index (κ1) is 37.8. The van der Waals surface area contributed by atoms with Crippen molar-refractivity contribution in [2.75, 3.05) is 26.6 Å². The van der Waals surface area contributed by atoms with Crippen LogP contribution in [0.2, 0.25) is 0 Å². The average molecular weight is 692 g/mol. The van der Waals surface area contributed by atoms with Gasteiger partial charge in [0.05, 0.1) is 39.0 Å². The van der Waals surface area contributed by atoms with Crippen molar-refractivity contribution < 1.29 is 33.1 Å². The van der Waals surface area contributed by atoms with Crippen molar-refractivity contribution in [2.24, 2.45) is 23.2 Å². The highest BCUT2D eigenvalue weighted by atomic mass is 16.7. The molecule has 3 aliphatic carbocycles. The van der Waals surface area contributed by atoms with E-state index in [4.69, 9.17) is 23.5 Å². The summed E-state index contributed by atoms with van der Waals surface area (Å²) in [6.07, 6.45) is 3.14. The van der Waals surface area contributed by atoms with Gasteiger partial charge in [0.1, 0.15) is 12.1 Å². The fourth-order valence-electron chi connectivity index (χ4n) is 8.39. The van der Waals surface area contributed by atoms with Crippen LogP contribution < -0.4 is 30.2 Å². The molecule has 2 aromatic rings. The van der Waals surface area contributed by atoms with Crippen LogP contribution in [0.25, 0.3) is 0 Å². The summed E-state index contributed by atoms with van der Waals surface area (Å²) in [6.45, 7) is 17.1. The molecule has 1 aliphatic heterocycles. The summed E-state index contributed by atoms with van der Waals surface area (Å²) in [6, 6.07) is 10.2. The van der Waals surface area contributed by atoms with Crippen molar-refractivity contribution >= 4 is 24.6 Å². The zero-order chi connectivity index (χ0) is 36.5. The molecule has 0 unspecified atom stereocenters. The van der Waals surface area contributed by atoms with Crippen LogP contribution in [0.3, 0.4) is 0 Å². The Kier molecular flexibility index (Phi) is 11.4. The van der Waals surface area contributed by atoms with Crippen molar-refractivity contribution in [2.45, 2.75) is 117 Å². The molecular weight excluding hydrogens is 633 g/mol. The number of methoxy groups -OCH3 is 3. The predicted octanol–water partition coefficient (Wildman–Crippen LogP) is 6.16. The molecular formula is C39H58BN3O7. The second-order valence-electron chi connectivity index (χ2n) is 16.0. The first-order valence-electron chi connectivity index (χ1n) is 18.2. The zero-order valence-electron chi connectivity index (χ0n) is 31.8. The maximum Gasteiger partial charge on any atom is 0.481 e. The molecule has 50 heavy (non-hydrogen) atoms. The third kappa shape index (κ3) is 7.59. The molecule has 4 fully saturated rings. The van der Waals surface area contributed by atoms with Gasteiger partial charge in [0.2, 0.25) is 17.6 Å². The molecule has 4 aliphatic rings. The quantitative estimate of drug-likeness (QED) is 0.190. The minimum absolute atomic E-state index is 0.0178. The Bertz CT molecular complexity index is 1510. The van der Waals surface area contributed by atoms with Gasteiger partial charge in [-0.05, 0) is 97.6 Å². The summed E-state index contributed by atoms with van der Waals surface area (Å²) in [5.41, 5.74) is 2.61. The lowest BCUT2D eigenvalue weighted by Crippen LogP contribution is -2.65. The maximum absolute atomic E-state index is 14.1. The number of ether oxygens (including phenoxy) is 3. The molecule has 2 aromatic carbocycles. The monoisotopic (exact) mass is 691 g/mol. The molecule has 0 radical (unpaired) electrons. The van der Waals surface area contributed by atoms with E-state index in [2.05, 4.69) is 76.5 Å². The van der Waals surface area contributed by atoms with Crippen LogP contribution in [0, 0.1) is 23.2 Å². The van der Waals surface area contributed by atoms with Crippen LogP contribution >= 0.6 is 0 Å². The number of hydrogen-bond donors (Lipinski definition) is 3. The maximum atomic E-state index is 14.1. The van der Waals surface area contributed by atoms with Gasteiger partial charge in [-0.3, -0.25) is 9.59 Å². The molecule has 2 bridgehead atoms. The van der Waals surface area contributed by atoms with E-state index in [0.717, 1.165) is 29.7 Å². The van der Waals surface area contributed by atoms with Crippen LogP contribution in [0.5, 0.6) is 17.2 Å². The summed E-state index contributed by atoms with van der Waals surface area (Å²) in [7, 11) is 4.14. The van der Waals surface area contributed by atoms with E-state index in [1.165, 1.54) is 0 Å². The largest absolute Gasteiger partial charge is 0.493 e. The van der Waals surface area contributed by atoms with E-state index in [0.29, 0.717) is 53.8 Å². The van der Waals surface area contributed by atoms with E-state index in [-0.39, 0.29) is 34.9 Å². The molecule has 10 nitrogen and oxygen atoms in total. The van der Waals surface area contributed by atoms with Gasteiger partial charge in [-0.2, -0.15) is 0 Å². The van der Waals surface area contributed by atoms with Gasteiger partial charge in [0.25, 0.3) is 0 Å². The van der Waals surface area contributed by atoms with Gasteiger partial charge in [-0.25, -0.2) is 0 Å². The second kappa shape index (κ2) is 15.0. The fraction of sp³-hybridized carbons (Fsp3) is 0.641. The van der Waals surface area contributed by atoms with Crippen molar-refractivity contribution in [1.82, 2.24) is 10.6 Å². The molecule has 1 saturated heterocycles. The van der Waals surface area contributed by atoms with Crippen LogP contribution in [0.15, 0.2) is 36.4 Å². The Morgan fingerprint density at radius 3 is 2.18 bits per heavy atom. The molecule has 6 rings (SSSR count). The highest BCUT2D eigenvalue weighted by molar-refractivity contribution is 6.48. The van der Waals surface area contributed by atoms with E-state index in [9.17, 15) is 9.59 Å². The summed E-state index contributed by atoms with van der Waals surface area (Å²) in [5.74, 6) is 2.20. The molecule has 11 heteroatoms. The summed E-state index contributed by atoms with van der Waals surface area (Å²) in [4.78, 5) is 27.9. The minimum Gasteiger partial charge on any atom is -0.493 e. The molecule has 7 atom stereocenters. The average Bonchev–Trinajstić information content (AvgIpc) is 3.44. The van der Waals surface area contributed by atoms with E-state index < -0.39 is 19.2 Å². The Labute approximate surface area is 299 Å². The third-order valence-electron chi connectivity index (χ3n) is 11.5. The van der Waals surface area contributed by atoms with Crippen LogP contribution in [0.1, 0.15) is 91.7 Å². The molecule has 0 aromatic heterocycles. The number of hydrogen-bond acceptors (Lipinski definition) is 8. The van der Waals surface area contributed by atoms with Crippen molar-refractivity contribution in [3.8, 4) is 17.2 Å². The second-order valence-corrected chi connectivity index (χ2v) is 16.0. The van der Waals surface area contributed by atoms with Gasteiger partial charge < -0.3 is 39.5 Å². The first-order valence-corrected chi connectivity index (χ1v) is 18.2. The first-order chi connectivity index (χ1) is 23.6. The van der Waals surface area contributed by atoms with Gasteiger partial charge in [0.15, 0.2) is 11.5 Å². The van der Waals surface area contributed by atoms with Gasteiger partial charge in [-0.1, -0.05) is 53.7 Å².